The first-order valence-electron chi connectivity index (χ1n) is 19.4. The van der Waals surface area contributed by atoms with Crippen molar-refractivity contribution in [3.63, 3.8) is 0 Å². The second-order valence-corrected chi connectivity index (χ2v) is 14.2. The fraction of sp³-hybridized carbons (Fsp3) is 0.865. The van der Waals surface area contributed by atoms with Crippen LogP contribution in [0.15, 0.2) is 0 Å². The van der Waals surface area contributed by atoms with Crippen molar-refractivity contribution in [1.29, 1.82) is 0 Å². The quantitative estimate of drug-likeness (QED) is 0.0479. The summed E-state index contributed by atoms with van der Waals surface area (Å²) >= 11 is 0. The van der Waals surface area contributed by atoms with Gasteiger partial charge in [0.25, 0.3) is 0 Å². The molecule has 1 aliphatic rings. The molecule has 1 unspecified atom stereocenters. The minimum atomic E-state index is -1.65. The summed E-state index contributed by atoms with van der Waals surface area (Å²) in [6.07, 6.45) is 11.0. The van der Waals surface area contributed by atoms with Gasteiger partial charge in [0.15, 0.2) is 6.29 Å². The highest BCUT2D eigenvalue weighted by molar-refractivity contribution is 5.89. The van der Waals surface area contributed by atoms with E-state index in [-0.39, 0.29) is 26.0 Å². The Morgan fingerprint density at radius 3 is 1.83 bits per heavy atom. The molecular formula is C37H68N4O11. The highest BCUT2D eigenvalue weighted by Crippen LogP contribution is 2.25. The number of esters is 1. The van der Waals surface area contributed by atoms with Crippen LogP contribution in [-0.4, -0.2) is 112 Å². The number of nitrogens with two attached hydrogens (primary N) is 2. The van der Waals surface area contributed by atoms with Gasteiger partial charge in [-0.2, -0.15) is 0 Å². The summed E-state index contributed by atoms with van der Waals surface area (Å²) in [5.74, 6) is -3.84. The van der Waals surface area contributed by atoms with E-state index in [1.807, 2.05) is 0 Å². The SMILES string of the molecule is CCCCCCCCCCCCCCCCCC(=O)OC[C@H]1O[C@H](O)[C@H](NC(C)=O)[C@@H](OC(C)CN(C(=O)[C@H](C)N)[C@H](CCC(=O)O)C(N)=O)[C@@H]1O. The highest BCUT2D eigenvalue weighted by atomic mass is 16.6. The normalized spacial score (nSPS) is 21.9. The number of nitrogens with one attached hydrogen (secondary N) is 1. The van der Waals surface area contributed by atoms with Gasteiger partial charge in [0, 0.05) is 26.3 Å². The minimum absolute atomic E-state index is 0.196. The number of aliphatic hydroxyl groups excluding tert-OH is 2. The van der Waals surface area contributed by atoms with E-state index in [1.54, 1.807) is 0 Å². The number of ether oxygens (including phenoxy) is 3. The van der Waals surface area contributed by atoms with Crippen molar-refractivity contribution >= 4 is 29.7 Å². The summed E-state index contributed by atoms with van der Waals surface area (Å²) in [6.45, 7) is 5.68. The third-order valence-electron chi connectivity index (χ3n) is 9.31. The van der Waals surface area contributed by atoms with Crippen LogP contribution < -0.4 is 16.8 Å². The molecule has 1 rings (SSSR count). The molecule has 8 atom stereocenters. The number of hydrogen-bond donors (Lipinski definition) is 6. The number of aliphatic hydroxyl groups is 2. The largest absolute Gasteiger partial charge is 0.481 e. The van der Waals surface area contributed by atoms with Crippen LogP contribution in [0.4, 0.5) is 0 Å². The van der Waals surface area contributed by atoms with E-state index < -0.39 is 84.9 Å². The highest BCUT2D eigenvalue weighted by Gasteiger charge is 2.47. The maximum absolute atomic E-state index is 13.0. The number of aliphatic carboxylic acids is 1. The van der Waals surface area contributed by atoms with Crippen LogP contribution in [0.25, 0.3) is 0 Å². The molecule has 1 saturated heterocycles. The molecule has 0 aromatic carbocycles. The number of hydrogen-bond acceptors (Lipinski definition) is 11. The maximum Gasteiger partial charge on any atom is 0.305 e. The van der Waals surface area contributed by atoms with E-state index in [1.165, 1.54) is 91.4 Å². The van der Waals surface area contributed by atoms with E-state index in [0.717, 1.165) is 24.2 Å². The molecule has 15 heteroatoms. The van der Waals surface area contributed by atoms with Crippen molar-refractivity contribution in [3.05, 3.63) is 0 Å². The average Bonchev–Trinajstić information content (AvgIpc) is 3.07. The van der Waals surface area contributed by atoms with Gasteiger partial charge in [0.2, 0.25) is 17.7 Å². The molecule has 0 saturated carbocycles. The Bertz CT molecular complexity index is 1060. The molecule has 0 bridgehead atoms. The maximum atomic E-state index is 13.0. The third kappa shape index (κ3) is 19.3. The monoisotopic (exact) mass is 744 g/mol. The number of primary amides is 1. The van der Waals surface area contributed by atoms with E-state index in [9.17, 15) is 34.2 Å². The molecule has 1 aliphatic heterocycles. The first-order chi connectivity index (χ1) is 24.7. The van der Waals surface area contributed by atoms with Gasteiger partial charge in [-0.1, -0.05) is 96.8 Å². The first kappa shape index (κ1) is 47.2. The van der Waals surface area contributed by atoms with Crippen molar-refractivity contribution in [2.75, 3.05) is 13.2 Å². The van der Waals surface area contributed by atoms with Crippen LogP contribution >= 0.6 is 0 Å². The molecule has 15 nitrogen and oxygen atoms in total. The Morgan fingerprint density at radius 2 is 1.37 bits per heavy atom. The zero-order valence-corrected chi connectivity index (χ0v) is 32.0. The zero-order valence-electron chi connectivity index (χ0n) is 32.0. The van der Waals surface area contributed by atoms with E-state index in [0.29, 0.717) is 6.42 Å². The number of rotatable bonds is 29. The Kier molecular flexibility index (Phi) is 24.3. The molecule has 0 radical (unpaired) electrons. The van der Waals surface area contributed by atoms with Crippen molar-refractivity contribution < 1.29 is 53.5 Å². The molecule has 8 N–H and O–H groups in total. The molecule has 0 aromatic rings. The number of carbonyl (C=O) groups is 5. The lowest BCUT2D eigenvalue weighted by atomic mass is 9.96. The molecule has 302 valence electrons. The van der Waals surface area contributed by atoms with Gasteiger partial charge in [0.1, 0.15) is 37.0 Å². The van der Waals surface area contributed by atoms with Crippen LogP contribution in [0.2, 0.25) is 0 Å². The topological polar surface area (TPSA) is 241 Å². The number of carbonyl (C=O) groups excluding carboxylic acids is 4. The summed E-state index contributed by atoms with van der Waals surface area (Å²) < 4.78 is 16.9. The first-order valence-corrected chi connectivity index (χ1v) is 19.4. The van der Waals surface area contributed by atoms with Crippen LogP contribution in [-0.2, 0) is 38.2 Å². The standard InChI is InChI=1S/C37H68N4O11/c1-5-6-7-8-9-10-11-12-13-14-15-16-17-18-19-20-31(45)50-24-29-33(46)34(32(37(49)52-29)40-27(4)42)51-25(2)23-41(36(48)26(3)38)28(35(39)47)21-22-30(43)44/h25-26,28-29,32-34,37,46,49H,5-24,38H2,1-4H3,(H2,39,47)(H,40,42)(H,43,44)/t25?,26-,28+,29+,32+,33+,34+,37-/m0/s1. The fourth-order valence-electron chi connectivity index (χ4n) is 6.44. The number of unbranched alkanes of at least 4 members (excludes halogenated alkanes) is 14. The molecule has 0 aromatic heterocycles. The second kappa shape index (κ2) is 26.8. The Morgan fingerprint density at radius 1 is 0.846 bits per heavy atom. The van der Waals surface area contributed by atoms with Gasteiger partial charge in [-0.15, -0.1) is 0 Å². The summed E-state index contributed by atoms with van der Waals surface area (Å²) in [4.78, 5) is 61.9. The fourth-order valence-corrected chi connectivity index (χ4v) is 6.44. The van der Waals surface area contributed by atoms with Gasteiger partial charge in [-0.3, -0.25) is 24.0 Å². The smallest absolute Gasteiger partial charge is 0.305 e. The van der Waals surface area contributed by atoms with Gasteiger partial charge in [-0.25, -0.2) is 0 Å². The predicted octanol–water partition coefficient (Wildman–Crippen LogP) is 3.04. The summed E-state index contributed by atoms with van der Waals surface area (Å²) in [7, 11) is 0. The second-order valence-electron chi connectivity index (χ2n) is 14.2. The lowest BCUT2D eigenvalue weighted by Gasteiger charge is -2.44. The van der Waals surface area contributed by atoms with Gasteiger partial charge >= 0.3 is 11.9 Å². The summed E-state index contributed by atoms with van der Waals surface area (Å²) in [5.41, 5.74) is 11.3. The number of carboxylic acid groups (broad SMARTS) is 1. The molecule has 3 amide bonds. The zero-order chi connectivity index (χ0) is 39.1. The van der Waals surface area contributed by atoms with Crippen molar-refractivity contribution in [1.82, 2.24) is 10.2 Å². The molecule has 0 spiro atoms. The van der Waals surface area contributed by atoms with Gasteiger partial charge in [0.05, 0.1) is 12.1 Å². The third-order valence-corrected chi connectivity index (χ3v) is 9.31. The minimum Gasteiger partial charge on any atom is -0.481 e. The van der Waals surface area contributed by atoms with Crippen molar-refractivity contribution in [2.24, 2.45) is 11.5 Å². The lowest BCUT2D eigenvalue weighted by molar-refractivity contribution is -0.269. The Labute approximate surface area is 309 Å². The van der Waals surface area contributed by atoms with E-state index >= 15 is 0 Å². The van der Waals surface area contributed by atoms with Crippen LogP contribution in [0.1, 0.15) is 143 Å². The summed E-state index contributed by atoms with van der Waals surface area (Å²) in [6, 6.07) is -3.62. The Hall–Kier alpha value is -2.85. The van der Waals surface area contributed by atoms with Crippen LogP contribution in [0.5, 0.6) is 0 Å². The number of amides is 3. The number of carboxylic acids is 1. The Balaban J connectivity index is 2.63. The lowest BCUT2D eigenvalue weighted by Crippen LogP contribution is -2.65. The summed E-state index contributed by atoms with van der Waals surface area (Å²) in [5, 5.41) is 33.6. The molecule has 0 aliphatic carbocycles. The number of nitrogens with zero attached hydrogens (tertiary/aromatic N) is 1. The predicted molar refractivity (Wildman–Crippen MR) is 195 cm³/mol. The van der Waals surface area contributed by atoms with Crippen molar-refractivity contribution in [3.8, 4) is 0 Å². The molecule has 1 fully saturated rings. The van der Waals surface area contributed by atoms with Crippen LogP contribution in [0, 0.1) is 0 Å². The van der Waals surface area contributed by atoms with Crippen molar-refractivity contribution in [2.45, 2.75) is 192 Å². The van der Waals surface area contributed by atoms with E-state index in [2.05, 4.69) is 12.2 Å². The molecule has 52 heavy (non-hydrogen) atoms. The molecular weight excluding hydrogens is 676 g/mol. The molecule has 1 heterocycles. The average molecular weight is 745 g/mol. The van der Waals surface area contributed by atoms with E-state index in [4.69, 9.17) is 30.8 Å². The van der Waals surface area contributed by atoms with Gasteiger partial charge < -0.3 is 51.2 Å². The van der Waals surface area contributed by atoms with Crippen LogP contribution in [0.3, 0.4) is 0 Å². The van der Waals surface area contributed by atoms with Gasteiger partial charge in [-0.05, 0) is 26.7 Å².